The van der Waals surface area contributed by atoms with Crippen LogP contribution in [0.3, 0.4) is 0 Å². The number of methoxy groups -OCH3 is 1. The van der Waals surface area contributed by atoms with Crippen molar-refractivity contribution in [1.29, 1.82) is 0 Å². The van der Waals surface area contributed by atoms with Crippen molar-refractivity contribution in [2.45, 2.75) is 26.2 Å². The lowest BCUT2D eigenvalue weighted by atomic mass is 9.98. The Bertz CT molecular complexity index is 472. The zero-order valence-corrected chi connectivity index (χ0v) is 12.0. The van der Waals surface area contributed by atoms with Gasteiger partial charge in [0.25, 0.3) is 0 Å². The first-order chi connectivity index (χ1) is 9.10. The Morgan fingerprint density at radius 2 is 2.37 bits per heavy atom. The summed E-state index contributed by atoms with van der Waals surface area (Å²) in [4.78, 5) is 29.7. The van der Waals surface area contributed by atoms with E-state index in [0.29, 0.717) is 13.0 Å². The van der Waals surface area contributed by atoms with Crippen LogP contribution < -0.4 is 0 Å². The van der Waals surface area contributed by atoms with E-state index in [1.54, 1.807) is 16.2 Å². The molecule has 2 heterocycles. The average molecular weight is 282 g/mol. The van der Waals surface area contributed by atoms with Crippen molar-refractivity contribution in [1.82, 2.24) is 9.88 Å². The van der Waals surface area contributed by atoms with Gasteiger partial charge in [-0.05, 0) is 19.8 Å². The number of rotatable bonds is 3. The Morgan fingerprint density at radius 1 is 1.58 bits per heavy atom. The van der Waals surface area contributed by atoms with Gasteiger partial charge in [0.15, 0.2) is 0 Å². The number of amides is 1. The molecule has 0 spiro atoms. The van der Waals surface area contributed by atoms with Gasteiger partial charge >= 0.3 is 5.97 Å². The second-order valence-electron chi connectivity index (χ2n) is 4.74. The molecule has 0 saturated carbocycles. The number of likely N-dealkylation sites (tertiary alicyclic amines) is 1. The summed E-state index contributed by atoms with van der Waals surface area (Å²) >= 11 is 1.55. The Morgan fingerprint density at radius 3 is 3.00 bits per heavy atom. The van der Waals surface area contributed by atoms with E-state index in [2.05, 4.69) is 4.98 Å². The monoisotopic (exact) mass is 282 g/mol. The Kier molecular flexibility index (Phi) is 4.52. The molecule has 0 aromatic carbocycles. The zero-order chi connectivity index (χ0) is 13.8. The van der Waals surface area contributed by atoms with Gasteiger partial charge in [-0.25, -0.2) is 4.98 Å². The number of esters is 1. The molecule has 104 valence electrons. The minimum atomic E-state index is -0.220. The molecule has 1 fully saturated rings. The number of aromatic nitrogens is 1. The second-order valence-corrected chi connectivity index (χ2v) is 5.80. The summed E-state index contributed by atoms with van der Waals surface area (Å²) in [6.45, 7) is 3.11. The van der Waals surface area contributed by atoms with E-state index >= 15 is 0 Å². The number of piperidine rings is 1. The third-order valence-electron chi connectivity index (χ3n) is 3.31. The second kappa shape index (κ2) is 6.14. The van der Waals surface area contributed by atoms with E-state index in [4.69, 9.17) is 4.74 Å². The summed E-state index contributed by atoms with van der Waals surface area (Å²) in [6, 6.07) is 0. The predicted octanol–water partition coefficient (Wildman–Crippen LogP) is 1.41. The van der Waals surface area contributed by atoms with Gasteiger partial charge in [0.2, 0.25) is 5.91 Å². The molecule has 1 aromatic heterocycles. The SMILES string of the molecule is COC(=O)[C@H]1CCCN(C(=O)Cc2csc(C)n2)C1. The fraction of sp³-hybridized carbons (Fsp3) is 0.615. The highest BCUT2D eigenvalue weighted by Gasteiger charge is 2.29. The van der Waals surface area contributed by atoms with Crippen molar-refractivity contribution in [3.63, 3.8) is 0 Å². The molecule has 1 aliphatic heterocycles. The van der Waals surface area contributed by atoms with Crippen molar-refractivity contribution in [3.8, 4) is 0 Å². The normalized spacial score (nSPS) is 19.3. The summed E-state index contributed by atoms with van der Waals surface area (Å²) in [6.07, 6.45) is 1.96. The van der Waals surface area contributed by atoms with Crippen LogP contribution in [-0.4, -0.2) is 42.0 Å². The van der Waals surface area contributed by atoms with Crippen LogP contribution in [0.2, 0.25) is 0 Å². The van der Waals surface area contributed by atoms with Crippen LogP contribution in [0.25, 0.3) is 0 Å². The standard InChI is InChI=1S/C13H18N2O3S/c1-9-14-11(8-19-9)6-12(16)15-5-3-4-10(7-15)13(17)18-2/h8,10H,3-7H2,1-2H3/t10-/m0/s1. The van der Waals surface area contributed by atoms with E-state index < -0.39 is 0 Å². The molecule has 0 unspecified atom stereocenters. The smallest absolute Gasteiger partial charge is 0.310 e. The van der Waals surface area contributed by atoms with E-state index in [-0.39, 0.29) is 17.8 Å². The van der Waals surface area contributed by atoms with Crippen molar-refractivity contribution in [2.75, 3.05) is 20.2 Å². The van der Waals surface area contributed by atoms with Gasteiger partial charge < -0.3 is 9.64 Å². The molecule has 1 amide bonds. The third kappa shape index (κ3) is 3.53. The molecule has 0 aliphatic carbocycles. The van der Waals surface area contributed by atoms with E-state index in [1.165, 1.54) is 7.11 Å². The molecule has 5 nitrogen and oxygen atoms in total. The molecule has 19 heavy (non-hydrogen) atoms. The number of carbonyl (C=O) groups excluding carboxylic acids is 2. The van der Waals surface area contributed by atoms with Crippen LogP contribution in [0.15, 0.2) is 5.38 Å². The first-order valence-electron chi connectivity index (χ1n) is 6.36. The summed E-state index contributed by atoms with van der Waals surface area (Å²) in [5, 5.41) is 2.88. The van der Waals surface area contributed by atoms with Crippen molar-refractivity contribution >= 4 is 23.2 Å². The molecule has 6 heteroatoms. The lowest BCUT2D eigenvalue weighted by molar-refractivity contribution is -0.148. The van der Waals surface area contributed by atoms with E-state index in [0.717, 1.165) is 30.1 Å². The Hall–Kier alpha value is -1.43. The highest BCUT2D eigenvalue weighted by molar-refractivity contribution is 7.09. The number of ether oxygens (including phenoxy) is 1. The number of hydrogen-bond donors (Lipinski definition) is 0. The molecule has 1 saturated heterocycles. The van der Waals surface area contributed by atoms with Gasteiger partial charge in [0.1, 0.15) is 0 Å². The number of carbonyl (C=O) groups is 2. The average Bonchev–Trinajstić information content (AvgIpc) is 2.83. The highest BCUT2D eigenvalue weighted by Crippen LogP contribution is 2.19. The van der Waals surface area contributed by atoms with Gasteiger partial charge in [-0.2, -0.15) is 0 Å². The first kappa shape index (κ1) is 14.0. The molecule has 1 atom stereocenters. The fourth-order valence-corrected chi connectivity index (χ4v) is 2.93. The maximum Gasteiger partial charge on any atom is 0.310 e. The minimum Gasteiger partial charge on any atom is -0.469 e. The van der Waals surface area contributed by atoms with Crippen molar-refractivity contribution < 1.29 is 14.3 Å². The molecule has 1 aromatic rings. The van der Waals surface area contributed by atoms with Gasteiger partial charge in [0, 0.05) is 18.5 Å². The minimum absolute atomic E-state index is 0.0407. The van der Waals surface area contributed by atoms with Crippen LogP contribution in [0.1, 0.15) is 23.5 Å². The van der Waals surface area contributed by atoms with E-state index in [9.17, 15) is 9.59 Å². The van der Waals surface area contributed by atoms with Crippen LogP contribution >= 0.6 is 11.3 Å². The molecule has 0 bridgehead atoms. The van der Waals surface area contributed by atoms with Crippen molar-refractivity contribution in [2.24, 2.45) is 5.92 Å². The number of hydrogen-bond acceptors (Lipinski definition) is 5. The number of aryl methyl sites for hydroxylation is 1. The van der Waals surface area contributed by atoms with E-state index in [1.807, 2.05) is 12.3 Å². The highest BCUT2D eigenvalue weighted by atomic mass is 32.1. The van der Waals surface area contributed by atoms with Crippen LogP contribution in [0.4, 0.5) is 0 Å². The molecule has 2 rings (SSSR count). The molecule has 1 aliphatic rings. The van der Waals surface area contributed by atoms with Gasteiger partial charge in [-0.15, -0.1) is 11.3 Å². The number of nitrogens with zero attached hydrogens (tertiary/aromatic N) is 2. The topological polar surface area (TPSA) is 59.5 Å². The molecular weight excluding hydrogens is 264 g/mol. The largest absolute Gasteiger partial charge is 0.469 e. The fourth-order valence-electron chi connectivity index (χ4n) is 2.32. The maximum absolute atomic E-state index is 12.2. The third-order valence-corrected chi connectivity index (χ3v) is 4.13. The summed E-state index contributed by atoms with van der Waals surface area (Å²) in [5.41, 5.74) is 0.813. The first-order valence-corrected chi connectivity index (χ1v) is 7.24. The number of thiazole rings is 1. The van der Waals surface area contributed by atoms with Gasteiger partial charge in [-0.3, -0.25) is 9.59 Å². The van der Waals surface area contributed by atoms with Crippen LogP contribution in [0.5, 0.6) is 0 Å². The summed E-state index contributed by atoms with van der Waals surface area (Å²) in [5.74, 6) is -0.360. The van der Waals surface area contributed by atoms with Crippen LogP contribution in [0, 0.1) is 12.8 Å². The van der Waals surface area contributed by atoms with Crippen molar-refractivity contribution in [3.05, 3.63) is 16.1 Å². The van der Waals surface area contributed by atoms with Crippen LogP contribution in [-0.2, 0) is 20.7 Å². The quantitative estimate of drug-likeness (QED) is 0.786. The zero-order valence-electron chi connectivity index (χ0n) is 11.2. The van der Waals surface area contributed by atoms with Gasteiger partial charge in [0.05, 0.1) is 30.2 Å². The molecule has 0 radical (unpaired) electrons. The maximum atomic E-state index is 12.2. The Labute approximate surface area is 116 Å². The lowest BCUT2D eigenvalue weighted by Crippen LogP contribution is -2.43. The molecule has 0 N–H and O–H groups in total. The Balaban J connectivity index is 1.93. The summed E-state index contributed by atoms with van der Waals surface area (Å²) < 4.78 is 4.75. The van der Waals surface area contributed by atoms with Gasteiger partial charge in [-0.1, -0.05) is 0 Å². The lowest BCUT2D eigenvalue weighted by Gasteiger charge is -2.31. The summed E-state index contributed by atoms with van der Waals surface area (Å²) in [7, 11) is 1.39. The predicted molar refractivity (Wildman–Crippen MR) is 71.9 cm³/mol. The molecular formula is C13H18N2O3S.